The Kier molecular flexibility index (Phi) is 4.92. The van der Waals surface area contributed by atoms with Crippen molar-refractivity contribution in [2.45, 2.75) is 26.3 Å². The van der Waals surface area contributed by atoms with E-state index in [1.54, 1.807) is 7.11 Å². The molecular formula is C12H18ClNO. The van der Waals surface area contributed by atoms with E-state index in [4.69, 9.17) is 16.3 Å². The van der Waals surface area contributed by atoms with Crippen molar-refractivity contribution in [2.24, 2.45) is 0 Å². The minimum atomic E-state index is 0.365. The summed E-state index contributed by atoms with van der Waals surface area (Å²) < 4.78 is 5.03. The lowest BCUT2D eigenvalue weighted by atomic mass is 10.2. The quantitative estimate of drug-likeness (QED) is 0.832. The summed E-state index contributed by atoms with van der Waals surface area (Å²) in [4.78, 5) is 0. The zero-order valence-electron chi connectivity index (χ0n) is 9.51. The maximum Gasteiger partial charge on any atom is 0.0637 e. The van der Waals surface area contributed by atoms with Crippen molar-refractivity contribution in [3.63, 3.8) is 0 Å². The lowest BCUT2D eigenvalue weighted by Crippen LogP contribution is -2.17. The molecule has 0 bridgehead atoms. The number of halogens is 1. The van der Waals surface area contributed by atoms with Crippen LogP contribution in [-0.2, 0) is 4.74 Å². The van der Waals surface area contributed by atoms with Crippen LogP contribution in [-0.4, -0.2) is 19.8 Å². The molecule has 0 aliphatic rings. The van der Waals surface area contributed by atoms with Gasteiger partial charge in [-0.25, -0.2) is 0 Å². The summed E-state index contributed by atoms with van der Waals surface area (Å²) in [6.45, 7) is 4.94. The third kappa shape index (κ3) is 4.10. The Balaban J connectivity index is 2.59. The topological polar surface area (TPSA) is 21.3 Å². The lowest BCUT2D eigenvalue weighted by molar-refractivity contribution is 0.191. The standard InChI is InChI=1S/C12H18ClNO/c1-9-4-5-11(13)12(8-9)14-10(2)6-7-15-3/h4-5,8,10,14H,6-7H2,1-3H3. The molecule has 15 heavy (non-hydrogen) atoms. The van der Waals surface area contributed by atoms with Gasteiger partial charge in [-0.3, -0.25) is 0 Å². The highest BCUT2D eigenvalue weighted by Gasteiger charge is 2.05. The fourth-order valence-corrected chi connectivity index (χ4v) is 1.55. The number of methoxy groups -OCH3 is 1. The highest BCUT2D eigenvalue weighted by Crippen LogP contribution is 2.23. The molecule has 1 atom stereocenters. The van der Waals surface area contributed by atoms with Crippen molar-refractivity contribution in [1.29, 1.82) is 0 Å². The number of rotatable bonds is 5. The van der Waals surface area contributed by atoms with Gasteiger partial charge in [0, 0.05) is 19.8 Å². The summed E-state index contributed by atoms with van der Waals surface area (Å²) in [6.07, 6.45) is 0.973. The number of anilines is 1. The van der Waals surface area contributed by atoms with Gasteiger partial charge in [0.2, 0.25) is 0 Å². The molecule has 0 heterocycles. The fourth-order valence-electron chi connectivity index (χ4n) is 1.38. The van der Waals surface area contributed by atoms with Crippen LogP contribution >= 0.6 is 11.6 Å². The summed E-state index contributed by atoms with van der Waals surface area (Å²) in [5.74, 6) is 0. The molecule has 1 aromatic rings. The second-order valence-electron chi connectivity index (χ2n) is 3.81. The van der Waals surface area contributed by atoms with E-state index in [9.17, 15) is 0 Å². The van der Waals surface area contributed by atoms with Crippen LogP contribution in [0.1, 0.15) is 18.9 Å². The third-order valence-corrected chi connectivity index (χ3v) is 2.61. The van der Waals surface area contributed by atoms with E-state index in [1.807, 2.05) is 12.1 Å². The normalized spacial score (nSPS) is 12.5. The van der Waals surface area contributed by atoms with Crippen LogP contribution in [0.25, 0.3) is 0 Å². The first kappa shape index (κ1) is 12.3. The number of benzene rings is 1. The number of ether oxygens (including phenoxy) is 1. The molecule has 0 aromatic heterocycles. The van der Waals surface area contributed by atoms with Crippen molar-refractivity contribution in [3.8, 4) is 0 Å². The van der Waals surface area contributed by atoms with Gasteiger partial charge in [-0.1, -0.05) is 17.7 Å². The molecule has 0 aliphatic heterocycles. The van der Waals surface area contributed by atoms with Gasteiger partial charge in [0.15, 0.2) is 0 Å². The molecule has 1 unspecified atom stereocenters. The first-order valence-corrected chi connectivity index (χ1v) is 5.53. The minimum absolute atomic E-state index is 0.365. The molecular weight excluding hydrogens is 210 g/mol. The number of hydrogen-bond donors (Lipinski definition) is 1. The molecule has 0 saturated carbocycles. The van der Waals surface area contributed by atoms with Crippen LogP contribution in [0.3, 0.4) is 0 Å². The highest BCUT2D eigenvalue weighted by atomic mass is 35.5. The zero-order chi connectivity index (χ0) is 11.3. The van der Waals surface area contributed by atoms with Gasteiger partial charge in [0.1, 0.15) is 0 Å². The largest absolute Gasteiger partial charge is 0.385 e. The van der Waals surface area contributed by atoms with Gasteiger partial charge in [0.25, 0.3) is 0 Å². The number of hydrogen-bond acceptors (Lipinski definition) is 2. The van der Waals surface area contributed by atoms with E-state index in [-0.39, 0.29) is 0 Å². The Morgan fingerprint density at radius 1 is 1.47 bits per heavy atom. The Morgan fingerprint density at radius 3 is 2.87 bits per heavy atom. The third-order valence-electron chi connectivity index (χ3n) is 2.28. The Hall–Kier alpha value is -0.730. The summed E-state index contributed by atoms with van der Waals surface area (Å²) in [6, 6.07) is 6.35. The SMILES string of the molecule is COCCC(C)Nc1cc(C)ccc1Cl. The average Bonchev–Trinajstić information content (AvgIpc) is 2.20. The van der Waals surface area contributed by atoms with Crippen LogP contribution < -0.4 is 5.32 Å². The Morgan fingerprint density at radius 2 is 2.20 bits per heavy atom. The summed E-state index contributed by atoms with van der Waals surface area (Å²) in [5, 5.41) is 4.14. The average molecular weight is 228 g/mol. The molecule has 2 nitrogen and oxygen atoms in total. The van der Waals surface area contributed by atoms with Crippen LogP contribution in [0.15, 0.2) is 18.2 Å². The summed E-state index contributed by atoms with van der Waals surface area (Å²) >= 11 is 6.08. The predicted molar refractivity (Wildman–Crippen MR) is 65.8 cm³/mol. The van der Waals surface area contributed by atoms with Gasteiger partial charge in [-0.2, -0.15) is 0 Å². The van der Waals surface area contributed by atoms with Crippen molar-refractivity contribution >= 4 is 17.3 Å². The number of nitrogens with one attached hydrogen (secondary N) is 1. The van der Waals surface area contributed by atoms with E-state index in [2.05, 4.69) is 25.2 Å². The van der Waals surface area contributed by atoms with Crippen LogP contribution in [0.2, 0.25) is 5.02 Å². The Labute approximate surface area is 96.6 Å². The van der Waals surface area contributed by atoms with Crippen LogP contribution in [0.4, 0.5) is 5.69 Å². The highest BCUT2D eigenvalue weighted by molar-refractivity contribution is 6.33. The smallest absolute Gasteiger partial charge is 0.0637 e. The molecule has 0 amide bonds. The summed E-state index contributed by atoms with van der Waals surface area (Å²) in [7, 11) is 1.71. The second-order valence-corrected chi connectivity index (χ2v) is 4.22. The van der Waals surface area contributed by atoms with Crippen molar-refractivity contribution in [3.05, 3.63) is 28.8 Å². The molecule has 0 radical (unpaired) electrons. The second kappa shape index (κ2) is 5.99. The first-order chi connectivity index (χ1) is 7.13. The first-order valence-electron chi connectivity index (χ1n) is 5.15. The molecule has 1 aromatic carbocycles. The van der Waals surface area contributed by atoms with E-state index in [1.165, 1.54) is 5.56 Å². The van der Waals surface area contributed by atoms with Crippen molar-refractivity contribution in [1.82, 2.24) is 0 Å². The number of aryl methyl sites for hydroxylation is 1. The van der Waals surface area contributed by atoms with E-state index >= 15 is 0 Å². The van der Waals surface area contributed by atoms with Crippen LogP contribution in [0, 0.1) is 6.92 Å². The fraction of sp³-hybridized carbons (Fsp3) is 0.500. The predicted octanol–water partition coefficient (Wildman–Crippen LogP) is 3.49. The van der Waals surface area contributed by atoms with Crippen molar-refractivity contribution in [2.75, 3.05) is 19.0 Å². The molecule has 0 aliphatic carbocycles. The van der Waals surface area contributed by atoms with Gasteiger partial charge in [-0.05, 0) is 38.0 Å². The van der Waals surface area contributed by atoms with Crippen molar-refractivity contribution < 1.29 is 4.74 Å². The van der Waals surface area contributed by atoms with E-state index < -0.39 is 0 Å². The van der Waals surface area contributed by atoms with Gasteiger partial charge in [-0.15, -0.1) is 0 Å². The Bertz CT molecular complexity index is 314. The van der Waals surface area contributed by atoms with Crippen LogP contribution in [0.5, 0.6) is 0 Å². The molecule has 1 rings (SSSR count). The maximum atomic E-state index is 6.08. The molecule has 84 valence electrons. The van der Waals surface area contributed by atoms with E-state index in [0.29, 0.717) is 6.04 Å². The van der Waals surface area contributed by atoms with Gasteiger partial charge in [0.05, 0.1) is 10.7 Å². The molecule has 0 saturated heterocycles. The van der Waals surface area contributed by atoms with Gasteiger partial charge >= 0.3 is 0 Å². The monoisotopic (exact) mass is 227 g/mol. The summed E-state index contributed by atoms with van der Waals surface area (Å²) in [5.41, 5.74) is 2.21. The minimum Gasteiger partial charge on any atom is -0.385 e. The van der Waals surface area contributed by atoms with Gasteiger partial charge < -0.3 is 10.1 Å². The van der Waals surface area contributed by atoms with E-state index in [0.717, 1.165) is 23.7 Å². The zero-order valence-corrected chi connectivity index (χ0v) is 10.3. The molecule has 3 heteroatoms. The lowest BCUT2D eigenvalue weighted by Gasteiger charge is -2.16. The molecule has 0 fully saturated rings. The molecule has 0 spiro atoms. The molecule has 1 N–H and O–H groups in total. The maximum absolute atomic E-state index is 6.08.